The maximum atomic E-state index is 13.4. The predicted molar refractivity (Wildman–Crippen MR) is 129 cm³/mol. The molecule has 1 N–H and O–H groups in total. The van der Waals surface area contributed by atoms with E-state index in [0.717, 1.165) is 38.9 Å². The Morgan fingerprint density at radius 3 is 2.50 bits per heavy atom. The van der Waals surface area contributed by atoms with Gasteiger partial charge in [-0.2, -0.15) is 0 Å². The fourth-order valence-electron chi connectivity index (χ4n) is 4.06. The highest BCUT2D eigenvalue weighted by Crippen LogP contribution is 2.32. The number of nitrogens with zero attached hydrogens (tertiary/aromatic N) is 5. The second kappa shape index (κ2) is 8.27. The van der Waals surface area contributed by atoms with Gasteiger partial charge in [-0.1, -0.05) is 62.4 Å². The summed E-state index contributed by atoms with van der Waals surface area (Å²) < 4.78 is 2.01. The summed E-state index contributed by atoms with van der Waals surface area (Å²) in [6.07, 6.45) is 1.45. The van der Waals surface area contributed by atoms with E-state index >= 15 is 0 Å². The smallest absolute Gasteiger partial charge is 0.249 e. The summed E-state index contributed by atoms with van der Waals surface area (Å²) in [5, 5.41) is 13.8. The van der Waals surface area contributed by atoms with E-state index in [4.69, 9.17) is 9.97 Å². The van der Waals surface area contributed by atoms with E-state index in [-0.39, 0.29) is 5.91 Å². The maximum Gasteiger partial charge on any atom is 0.249 e. The predicted octanol–water partition coefficient (Wildman–Crippen LogP) is 5.38. The van der Waals surface area contributed by atoms with Crippen LogP contribution in [0.5, 0.6) is 0 Å². The largest absolute Gasteiger partial charge is 0.311 e. The molecule has 0 aliphatic carbocycles. The molecule has 7 nitrogen and oxygen atoms in total. The number of carbonyl (C=O) groups excluding carboxylic acids is 1. The summed E-state index contributed by atoms with van der Waals surface area (Å²) in [5.74, 6) is 0.359. The molecule has 0 aliphatic rings. The molecule has 5 rings (SSSR count). The van der Waals surface area contributed by atoms with Crippen molar-refractivity contribution in [1.82, 2.24) is 24.7 Å². The molecule has 0 saturated heterocycles. The van der Waals surface area contributed by atoms with Gasteiger partial charge < -0.3 is 4.57 Å². The zero-order chi connectivity index (χ0) is 22.2. The summed E-state index contributed by atoms with van der Waals surface area (Å²) >= 11 is 1.43. The minimum atomic E-state index is -0.453. The van der Waals surface area contributed by atoms with Crippen molar-refractivity contribution in [3.05, 3.63) is 53.5 Å². The molecule has 0 spiro atoms. The Labute approximate surface area is 189 Å². The van der Waals surface area contributed by atoms with Crippen LogP contribution < -0.4 is 5.32 Å². The number of amides is 1. The minimum Gasteiger partial charge on any atom is -0.311 e. The van der Waals surface area contributed by atoms with Gasteiger partial charge in [-0.15, -0.1) is 10.2 Å². The average Bonchev–Trinajstić information content (AvgIpc) is 3.34. The van der Waals surface area contributed by atoms with Crippen molar-refractivity contribution in [2.75, 3.05) is 5.32 Å². The summed E-state index contributed by atoms with van der Waals surface area (Å²) in [6.45, 7) is 6.28. The van der Waals surface area contributed by atoms with Crippen molar-refractivity contribution in [3.63, 3.8) is 0 Å². The van der Waals surface area contributed by atoms with Crippen LogP contribution in [-0.4, -0.2) is 30.6 Å². The number of carbonyl (C=O) groups is 1. The van der Waals surface area contributed by atoms with Gasteiger partial charge in [0.2, 0.25) is 11.0 Å². The lowest BCUT2D eigenvalue weighted by atomic mass is 10.1. The monoisotopic (exact) mass is 444 g/mol. The van der Waals surface area contributed by atoms with Crippen LogP contribution in [-0.2, 0) is 11.2 Å². The third-order valence-electron chi connectivity index (χ3n) is 5.48. The lowest BCUT2D eigenvalue weighted by molar-refractivity contribution is -0.119. The molecule has 0 fully saturated rings. The van der Waals surface area contributed by atoms with Crippen molar-refractivity contribution >= 4 is 55.5 Å². The van der Waals surface area contributed by atoms with Crippen molar-refractivity contribution in [2.24, 2.45) is 5.92 Å². The van der Waals surface area contributed by atoms with Crippen molar-refractivity contribution < 1.29 is 4.79 Å². The lowest BCUT2D eigenvalue weighted by Gasteiger charge is -2.18. The lowest BCUT2D eigenvalue weighted by Crippen LogP contribution is -2.25. The summed E-state index contributed by atoms with van der Waals surface area (Å²) in [6, 6.07) is 15.4. The van der Waals surface area contributed by atoms with Crippen molar-refractivity contribution in [1.29, 1.82) is 0 Å². The van der Waals surface area contributed by atoms with Crippen LogP contribution in [0.4, 0.5) is 5.13 Å². The SMILES string of the molecule is CCC(C(=O)Nc1nnc(CC(C)C)s1)n1c2ccccc2c2nc3ccccc3nc21. The molecular weight excluding hydrogens is 420 g/mol. The quantitative estimate of drug-likeness (QED) is 0.380. The van der Waals surface area contributed by atoms with E-state index in [1.54, 1.807) is 0 Å². The first-order valence-corrected chi connectivity index (χ1v) is 11.7. The van der Waals surface area contributed by atoms with E-state index in [1.165, 1.54) is 11.3 Å². The zero-order valence-electron chi connectivity index (χ0n) is 18.2. The van der Waals surface area contributed by atoms with Gasteiger partial charge in [0.05, 0.1) is 16.6 Å². The maximum absolute atomic E-state index is 13.4. The van der Waals surface area contributed by atoms with Crippen molar-refractivity contribution in [2.45, 2.75) is 39.7 Å². The van der Waals surface area contributed by atoms with E-state index in [9.17, 15) is 4.79 Å². The third-order valence-corrected chi connectivity index (χ3v) is 6.34. The third kappa shape index (κ3) is 3.60. The molecule has 3 heterocycles. The van der Waals surface area contributed by atoms with E-state index < -0.39 is 6.04 Å². The van der Waals surface area contributed by atoms with Crippen LogP contribution in [0.3, 0.4) is 0 Å². The number of benzene rings is 2. The fourth-order valence-corrected chi connectivity index (χ4v) is 5.02. The van der Waals surface area contributed by atoms with Gasteiger partial charge in [0, 0.05) is 11.8 Å². The Balaban J connectivity index is 1.60. The molecule has 1 amide bonds. The summed E-state index contributed by atoms with van der Waals surface area (Å²) in [7, 11) is 0. The Morgan fingerprint density at radius 2 is 1.75 bits per heavy atom. The Bertz CT molecular complexity index is 1440. The number of para-hydroxylation sites is 3. The number of aromatic nitrogens is 5. The molecule has 0 saturated carbocycles. The first-order valence-electron chi connectivity index (χ1n) is 10.8. The molecule has 0 aliphatic heterocycles. The summed E-state index contributed by atoms with van der Waals surface area (Å²) in [5.41, 5.74) is 4.11. The molecule has 8 heteroatoms. The Kier molecular flexibility index (Phi) is 5.30. The van der Waals surface area contributed by atoms with Crippen LogP contribution in [0, 0.1) is 5.92 Å². The van der Waals surface area contributed by atoms with Crippen LogP contribution in [0.2, 0.25) is 0 Å². The Morgan fingerprint density at radius 1 is 1.03 bits per heavy atom. The van der Waals surface area contributed by atoms with Crippen LogP contribution in [0.25, 0.3) is 33.1 Å². The van der Waals surface area contributed by atoms with Gasteiger partial charge >= 0.3 is 0 Å². The van der Waals surface area contributed by atoms with Gasteiger partial charge in [-0.05, 0) is 30.5 Å². The number of rotatable bonds is 6. The number of fused-ring (bicyclic) bond motifs is 4. The number of nitrogens with one attached hydrogen (secondary N) is 1. The highest BCUT2D eigenvalue weighted by molar-refractivity contribution is 7.15. The molecule has 0 radical (unpaired) electrons. The molecule has 1 atom stereocenters. The molecule has 0 bridgehead atoms. The topological polar surface area (TPSA) is 85.6 Å². The second-order valence-corrected chi connectivity index (χ2v) is 9.35. The second-order valence-electron chi connectivity index (χ2n) is 8.28. The van der Waals surface area contributed by atoms with Gasteiger partial charge in [0.15, 0.2) is 5.65 Å². The van der Waals surface area contributed by atoms with Crippen molar-refractivity contribution in [3.8, 4) is 0 Å². The van der Waals surface area contributed by atoms with Crippen LogP contribution in [0.15, 0.2) is 48.5 Å². The standard InChI is InChI=1S/C24H24N6OS/c1-4-18(23(31)27-24-29-28-20(32-24)13-14(2)3)30-19-12-8-5-9-15(19)21-22(30)26-17-11-7-6-10-16(17)25-21/h5-12,14,18H,4,13H2,1-3H3,(H,27,29,31). The first kappa shape index (κ1) is 20.5. The number of hydrogen-bond donors (Lipinski definition) is 1. The van der Waals surface area contributed by atoms with Gasteiger partial charge in [-0.25, -0.2) is 9.97 Å². The van der Waals surface area contributed by atoms with Crippen LogP contribution in [0.1, 0.15) is 38.2 Å². The highest BCUT2D eigenvalue weighted by atomic mass is 32.1. The molecule has 162 valence electrons. The van der Waals surface area contributed by atoms with Crippen LogP contribution >= 0.6 is 11.3 Å². The molecule has 32 heavy (non-hydrogen) atoms. The normalized spacial score (nSPS) is 12.8. The summed E-state index contributed by atoms with van der Waals surface area (Å²) in [4.78, 5) is 23.2. The molecule has 5 aromatic rings. The zero-order valence-corrected chi connectivity index (χ0v) is 19.1. The number of anilines is 1. The molecule has 3 aromatic heterocycles. The van der Waals surface area contributed by atoms with E-state index in [1.807, 2.05) is 60.0 Å². The molecule has 1 unspecified atom stereocenters. The van der Waals surface area contributed by atoms with E-state index in [0.29, 0.717) is 23.1 Å². The first-order chi connectivity index (χ1) is 15.5. The minimum absolute atomic E-state index is 0.127. The number of hydrogen-bond acceptors (Lipinski definition) is 6. The Hall–Kier alpha value is -3.39. The fraction of sp³-hybridized carbons (Fsp3) is 0.292. The van der Waals surface area contributed by atoms with Gasteiger partial charge in [0.1, 0.15) is 16.6 Å². The average molecular weight is 445 g/mol. The highest BCUT2D eigenvalue weighted by Gasteiger charge is 2.26. The van der Waals surface area contributed by atoms with Gasteiger partial charge in [-0.3, -0.25) is 10.1 Å². The van der Waals surface area contributed by atoms with Gasteiger partial charge in [0.25, 0.3) is 0 Å². The molecule has 2 aromatic carbocycles. The molecular formula is C24H24N6OS. The van der Waals surface area contributed by atoms with E-state index in [2.05, 4.69) is 29.4 Å².